The summed E-state index contributed by atoms with van der Waals surface area (Å²) in [5.41, 5.74) is 8.03. The van der Waals surface area contributed by atoms with Crippen molar-refractivity contribution in [2.75, 3.05) is 6.54 Å². The zero-order valence-corrected chi connectivity index (χ0v) is 12.3. The molecular weight excluding hydrogens is 234 g/mol. The minimum Gasteiger partial charge on any atom is -0.330 e. The normalized spacial score (nSPS) is 15.3. The Bertz CT molecular complexity index is 384. The summed E-state index contributed by atoms with van der Waals surface area (Å²) < 4.78 is 1.99. The molecule has 0 saturated carbocycles. The van der Waals surface area contributed by atoms with E-state index in [2.05, 4.69) is 32.8 Å². The van der Waals surface area contributed by atoms with Gasteiger partial charge in [0.2, 0.25) is 0 Å². The van der Waals surface area contributed by atoms with Crippen LogP contribution in [-0.4, -0.2) is 16.3 Å². The van der Waals surface area contributed by atoms with Crippen molar-refractivity contribution in [1.29, 1.82) is 0 Å². The minimum absolute atomic E-state index is 0.0725. The lowest BCUT2D eigenvalue weighted by atomic mass is 9.75. The summed E-state index contributed by atoms with van der Waals surface area (Å²) in [5, 5.41) is 5.25. The van der Waals surface area contributed by atoms with E-state index in [1.807, 2.05) is 11.6 Å². The molecule has 0 spiro atoms. The molecule has 3 nitrogen and oxygen atoms in total. The van der Waals surface area contributed by atoms with Gasteiger partial charge in [0.25, 0.3) is 0 Å². The van der Waals surface area contributed by atoms with Crippen LogP contribution in [0.5, 0.6) is 0 Å². The van der Waals surface area contributed by atoms with Crippen molar-refractivity contribution in [3.05, 3.63) is 16.4 Å². The maximum absolute atomic E-state index is 6.34. The Morgan fingerprint density at radius 3 is 2.47 bits per heavy atom. The molecule has 1 heterocycles. The Balaban J connectivity index is 3.09. The van der Waals surface area contributed by atoms with Gasteiger partial charge in [-0.05, 0) is 38.1 Å². The van der Waals surface area contributed by atoms with Crippen LogP contribution in [0.4, 0.5) is 0 Å². The molecule has 1 rings (SSSR count). The van der Waals surface area contributed by atoms with Gasteiger partial charge in [0.1, 0.15) is 0 Å². The van der Waals surface area contributed by atoms with Crippen molar-refractivity contribution in [1.82, 2.24) is 9.78 Å². The van der Waals surface area contributed by atoms with E-state index in [9.17, 15) is 0 Å². The SMILES string of the molecule is CCn1nc(C)c(Cl)c1CC(C)(CN)C(C)C. The Labute approximate surface area is 109 Å². The molecule has 0 aliphatic rings. The van der Waals surface area contributed by atoms with E-state index in [1.165, 1.54) is 0 Å². The molecule has 0 saturated heterocycles. The summed E-state index contributed by atoms with van der Waals surface area (Å²) in [4.78, 5) is 0. The van der Waals surface area contributed by atoms with Gasteiger partial charge < -0.3 is 5.73 Å². The second kappa shape index (κ2) is 5.40. The number of halogens is 1. The second-order valence-corrected chi connectivity index (χ2v) is 5.73. The molecule has 17 heavy (non-hydrogen) atoms. The van der Waals surface area contributed by atoms with Gasteiger partial charge in [-0.2, -0.15) is 5.10 Å². The van der Waals surface area contributed by atoms with E-state index in [4.69, 9.17) is 17.3 Å². The van der Waals surface area contributed by atoms with E-state index in [0.29, 0.717) is 12.5 Å². The maximum atomic E-state index is 6.34. The van der Waals surface area contributed by atoms with Crippen LogP contribution >= 0.6 is 11.6 Å². The van der Waals surface area contributed by atoms with Crippen molar-refractivity contribution in [2.45, 2.75) is 47.6 Å². The molecule has 0 aromatic carbocycles. The Morgan fingerprint density at radius 1 is 1.47 bits per heavy atom. The van der Waals surface area contributed by atoms with Crippen LogP contribution in [0.2, 0.25) is 5.02 Å². The molecule has 4 heteroatoms. The highest BCUT2D eigenvalue weighted by Crippen LogP contribution is 2.33. The van der Waals surface area contributed by atoms with Crippen LogP contribution in [0.25, 0.3) is 0 Å². The first kappa shape index (κ1) is 14.5. The van der Waals surface area contributed by atoms with Gasteiger partial charge in [0, 0.05) is 6.54 Å². The summed E-state index contributed by atoms with van der Waals surface area (Å²) in [6.45, 7) is 12.2. The fourth-order valence-electron chi connectivity index (χ4n) is 1.93. The largest absolute Gasteiger partial charge is 0.330 e. The van der Waals surface area contributed by atoms with Gasteiger partial charge >= 0.3 is 0 Å². The van der Waals surface area contributed by atoms with Gasteiger partial charge in [0.15, 0.2) is 0 Å². The van der Waals surface area contributed by atoms with Crippen LogP contribution in [0.3, 0.4) is 0 Å². The molecule has 1 aromatic heterocycles. The minimum atomic E-state index is 0.0725. The zero-order valence-electron chi connectivity index (χ0n) is 11.5. The van der Waals surface area contributed by atoms with Crippen molar-refractivity contribution in [2.24, 2.45) is 17.1 Å². The molecular formula is C13H24ClN3. The highest BCUT2D eigenvalue weighted by atomic mass is 35.5. The smallest absolute Gasteiger partial charge is 0.0847 e. The monoisotopic (exact) mass is 257 g/mol. The zero-order chi connectivity index (χ0) is 13.2. The maximum Gasteiger partial charge on any atom is 0.0847 e. The lowest BCUT2D eigenvalue weighted by molar-refractivity contribution is 0.222. The predicted molar refractivity (Wildman–Crippen MR) is 73.4 cm³/mol. The van der Waals surface area contributed by atoms with Crippen molar-refractivity contribution < 1.29 is 0 Å². The van der Waals surface area contributed by atoms with Crippen molar-refractivity contribution in [3.8, 4) is 0 Å². The Hall–Kier alpha value is -0.540. The first-order valence-electron chi connectivity index (χ1n) is 6.27. The average molecular weight is 258 g/mol. The second-order valence-electron chi connectivity index (χ2n) is 5.35. The summed E-state index contributed by atoms with van der Waals surface area (Å²) in [6, 6.07) is 0. The van der Waals surface area contributed by atoms with Crippen LogP contribution in [0.1, 0.15) is 39.1 Å². The number of nitrogens with two attached hydrogens (primary N) is 1. The molecule has 0 radical (unpaired) electrons. The number of nitrogens with zero attached hydrogens (tertiary/aromatic N) is 2. The summed E-state index contributed by atoms with van der Waals surface area (Å²) in [7, 11) is 0. The Kier molecular flexibility index (Phi) is 4.62. The third kappa shape index (κ3) is 2.83. The Morgan fingerprint density at radius 2 is 2.06 bits per heavy atom. The van der Waals surface area contributed by atoms with Gasteiger partial charge in [-0.3, -0.25) is 4.68 Å². The predicted octanol–water partition coefficient (Wildman–Crippen LogP) is 3.03. The van der Waals surface area contributed by atoms with Gasteiger partial charge in [-0.1, -0.05) is 32.4 Å². The highest BCUT2D eigenvalue weighted by molar-refractivity contribution is 6.31. The first-order valence-corrected chi connectivity index (χ1v) is 6.65. The molecule has 1 unspecified atom stereocenters. The van der Waals surface area contributed by atoms with E-state index >= 15 is 0 Å². The van der Waals surface area contributed by atoms with Gasteiger partial charge in [0.05, 0.1) is 16.4 Å². The number of rotatable bonds is 5. The van der Waals surface area contributed by atoms with E-state index in [1.54, 1.807) is 0 Å². The number of aromatic nitrogens is 2. The van der Waals surface area contributed by atoms with Gasteiger partial charge in [-0.15, -0.1) is 0 Å². The van der Waals surface area contributed by atoms with Gasteiger partial charge in [-0.25, -0.2) is 0 Å². The number of hydrogen-bond donors (Lipinski definition) is 1. The topological polar surface area (TPSA) is 43.8 Å². The fraction of sp³-hybridized carbons (Fsp3) is 0.769. The molecule has 1 aromatic rings. The number of hydrogen-bond acceptors (Lipinski definition) is 2. The van der Waals surface area contributed by atoms with Crippen LogP contribution in [0.15, 0.2) is 0 Å². The summed E-state index contributed by atoms with van der Waals surface area (Å²) >= 11 is 6.34. The first-order chi connectivity index (χ1) is 7.85. The number of aryl methyl sites for hydroxylation is 2. The standard InChI is InChI=1S/C13H24ClN3/c1-6-17-11(12(14)10(4)16-17)7-13(5,8-15)9(2)3/h9H,6-8,15H2,1-5H3. The molecule has 98 valence electrons. The highest BCUT2D eigenvalue weighted by Gasteiger charge is 2.30. The quantitative estimate of drug-likeness (QED) is 0.881. The van der Waals surface area contributed by atoms with Crippen LogP contribution in [-0.2, 0) is 13.0 Å². The molecule has 0 fully saturated rings. The third-order valence-corrected chi connectivity index (χ3v) is 4.38. The summed E-state index contributed by atoms with van der Waals surface area (Å²) in [6.07, 6.45) is 0.884. The third-order valence-electron chi connectivity index (χ3n) is 3.88. The average Bonchev–Trinajstić information content (AvgIpc) is 2.56. The molecule has 0 aliphatic heterocycles. The lowest BCUT2D eigenvalue weighted by Gasteiger charge is -2.32. The molecule has 0 aliphatic carbocycles. The van der Waals surface area contributed by atoms with Crippen LogP contribution in [0, 0.1) is 18.3 Å². The van der Waals surface area contributed by atoms with E-state index < -0.39 is 0 Å². The lowest BCUT2D eigenvalue weighted by Crippen LogP contribution is -2.35. The van der Waals surface area contributed by atoms with E-state index in [0.717, 1.165) is 29.4 Å². The molecule has 2 N–H and O–H groups in total. The fourth-order valence-corrected chi connectivity index (χ4v) is 2.13. The summed E-state index contributed by atoms with van der Waals surface area (Å²) in [5.74, 6) is 0.518. The molecule has 1 atom stereocenters. The van der Waals surface area contributed by atoms with Crippen molar-refractivity contribution in [3.63, 3.8) is 0 Å². The van der Waals surface area contributed by atoms with Crippen molar-refractivity contribution >= 4 is 11.6 Å². The van der Waals surface area contributed by atoms with Crippen LogP contribution < -0.4 is 5.73 Å². The molecule has 0 amide bonds. The molecule has 0 bridgehead atoms. The van der Waals surface area contributed by atoms with E-state index in [-0.39, 0.29) is 5.41 Å².